The summed E-state index contributed by atoms with van der Waals surface area (Å²) in [6.07, 6.45) is 0.745. The number of aryl methyl sites for hydroxylation is 1. The first-order chi connectivity index (χ1) is 9.45. The number of hydrogen-bond acceptors (Lipinski definition) is 1. The maximum Gasteiger partial charge on any atom is 0.177 e. The summed E-state index contributed by atoms with van der Waals surface area (Å²) in [5.41, 5.74) is 1.67. The number of nitrogens with one attached hydrogen (secondary N) is 1. The molecule has 20 heavy (non-hydrogen) atoms. The average molecular weight is 313 g/mol. The Morgan fingerprint density at radius 3 is 2.90 bits per heavy atom. The quantitative estimate of drug-likeness (QED) is 0.617. The third-order valence-corrected chi connectivity index (χ3v) is 5.22. The molecule has 1 fully saturated rings. The molecule has 0 saturated heterocycles. The SMILES string of the molecule is Cc1[nH]c(=S)n2c1[C@@H]1C[C@]1(c1c(F)ccc(Cl)c1F)C2. The van der Waals surface area contributed by atoms with E-state index in [4.69, 9.17) is 23.8 Å². The lowest BCUT2D eigenvalue weighted by atomic mass is 9.93. The molecule has 0 radical (unpaired) electrons. The second-order valence-corrected chi connectivity index (χ2v) is 6.45. The number of nitrogens with zero attached hydrogens (tertiary/aromatic N) is 1. The molecule has 104 valence electrons. The predicted molar refractivity (Wildman–Crippen MR) is 74.8 cm³/mol. The first-order valence-corrected chi connectivity index (χ1v) is 7.17. The number of hydrogen-bond donors (Lipinski definition) is 1. The van der Waals surface area contributed by atoms with Gasteiger partial charge >= 0.3 is 0 Å². The molecule has 6 heteroatoms. The lowest BCUT2D eigenvalue weighted by molar-refractivity contribution is 0.487. The van der Waals surface area contributed by atoms with Gasteiger partial charge in [-0.25, -0.2) is 8.78 Å². The predicted octanol–water partition coefficient (Wildman–Crippen LogP) is 4.22. The molecular formula is C14H11ClF2N2S. The molecule has 0 amide bonds. The van der Waals surface area contributed by atoms with E-state index < -0.39 is 17.0 Å². The van der Waals surface area contributed by atoms with Crippen molar-refractivity contribution in [3.63, 3.8) is 0 Å². The van der Waals surface area contributed by atoms with Gasteiger partial charge in [-0.2, -0.15) is 0 Å². The van der Waals surface area contributed by atoms with Crippen molar-refractivity contribution in [1.29, 1.82) is 0 Å². The van der Waals surface area contributed by atoms with E-state index in [2.05, 4.69) is 4.98 Å². The Kier molecular flexibility index (Phi) is 2.32. The van der Waals surface area contributed by atoms with Crippen LogP contribution >= 0.6 is 23.8 Å². The summed E-state index contributed by atoms with van der Waals surface area (Å²) in [5.74, 6) is -1.03. The topological polar surface area (TPSA) is 20.7 Å². The number of aromatic nitrogens is 2. The van der Waals surface area contributed by atoms with Crippen molar-refractivity contribution in [2.24, 2.45) is 0 Å². The van der Waals surface area contributed by atoms with Crippen LogP contribution in [0.5, 0.6) is 0 Å². The van der Waals surface area contributed by atoms with Gasteiger partial charge in [0.2, 0.25) is 0 Å². The minimum absolute atomic E-state index is 0.0279. The van der Waals surface area contributed by atoms with Crippen LogP contribution in [0.3, 0.4) is 0 Å². The fourth-order valence-electron chi connectivity index (χ4n) is 3.67. The molecule has 1 aromatic carbocycles. The third kappa shape index (κ3) is 1.35. The lowest BCUT2D eigenvalue weighted by Crippen LogP contribution is -2.17. The van der Waals surface area contributed by atoms with Crippen LogP contribution in [-0.4, -0.2) is 9.55 Å². The van der Waals surface area contributed by atoms with E-state index >= 15 is 0 Å². The number of rotatable bonds is 1. The van der Waals surface area contributed by atoms with Crippen molar-refractivity contribution < 1.29 is 8.78 Å². The molecule has 1 N–H and O–H groups in total. The van der Waals surface area contributed by atoms with Gasteiger partial charge in [0.05, 0.1) is 5.02 Å². The van der Waals surface area contributed by atoms with Gasteiger partial charge in [-0.05, 0) is 37.7 Å². The molecule has 4 rings (SSSR count). The normalized spacial score (nSPS) is 26.5. The van der Waals surface area contributed by atoms with Gasteiger partial charge in [-0.3, -0.25) is 0 Å². The number of aromatic amines is 1. The summed E-state index contributed by atoms with van der Waals surface area (Å²) in [7, 11) is 0. The van der Waals surface area contributed by atoms with Gasteiger partial charge in [0, 0.05) is 34.8 Å². The lowest BCUT2D eigenvalue weighted by Gasteiger charge is -2.16. The number of benzene rings is 1. The van der Waals surface area contributed by atoms with Crippen LogP contribution in [0.25, 0.3) is 0 Å². The molecule has 0 spiro atoms. The molecule has 0 bridgehead atoms. The van der Waals surface area contributed by atoms with Crippen LogP contribution in [0.1, 0.15) is 29.3 Å². The maximum absolute atomic E-state index is 14.3. The highest BCUT2D eigenvalue weighted by molar-refractivity contribution is 7.71. The highest BCUT2D eigenvalue weighted by Crippen LogP contribution is 2.67. The molecule has 1 saturated carbocycles. The Morgan fingerprint density at radius 1 is 1.45 bits per heavy atom. The van der Waals surface area contributed by atoms with Crippen molar-refractivity contribution in [1.82, 2.24) is 9.55 Å². The summed E-state index contributed by atoms with van der Waals surface area (Å²) in [6, 6.07) is 2.50. The van der Waals surface area contributed by atoms with Crippen molar-refractivity contribution in [2.45, 2.75) is 31.2 Å². The van der Waals surface area contributed by atoms with E-state index in [0.717, 1.165) is 17.8 Å². The van der Waals surface area contributed by atoms with E-state index in [1.807, 2.05) is 11.5 Å². The third-order valence-electron chi connectivity index (χ3n) is 4.60. The largest absolute Gasteiger partial charge is 0.335 e. The first-order valence-electron chi connectivity index (χ1n) is 6.39. The van der Waals surface area contributed by atoms with Crippen molar-refractivity contribution >= 4 is 23.8 Å². The van der Waals surface area contributed by atoms with Gasteiger partial charge in [-0.15, -0.1) is 0 Å². The zero-order chi connectivity index (χ0) is 14.2. The van der Waals surface area contributed by atoms with Crippen molar-refractivity contribution in [2.75, 3.05) is 0 Å². The van der Waals surface area contributed by atoms with Gasteiger partial charge < -0.3 is 9.55 Å². The second kappa shape index (κ2) is 3.71. The molecule has 2 nitrogen and oxygen atoms in total. The van der Waals surface area contributed by atoms with Crippen molar-refractivity contribution in [3.8, 4) is 0 Å². The zero-order valence-electron chi connectivity index (χ0n) is 10.6. The Labute approximate surface area is 124 Å². The Balaban J connectivity index is 1.91. The molecule has 1 aliphatic carbocycles. The molecule has 1 aromatic heterocycles. The first kappa shape index (κ1) is 12.5. The van der Waals surface area contributed by atoms with Crippen LogP contribution < -0.4 is 0 Å². The molecule has 1 aliphatic heterocycles. The van der Waals surface area contributed by atoms with E-state index in [9.17, 15) is 8.78 Å². The van der Waals surface area contributed by atoms with E-state index in [-0.39, 0.29) is 16.5 Å². The summed E-state index contributed by atoms with van der Waals surface area (Å²) in [4.78, 5) is 3.11. The van der Waals surface area contributed by atoms with Crippen LogP contribution in [-0.2, 0) is 12.0 Å². The molecular weight excluding hydrogens is 302 g/mol. The summed E-state index contributed by atoms with van der Waals surface area (Å²) in [5, 5.41) is -0.0279. The molecule has 2 aliphatic rings. The number of halogens is 3. The molecule has 0 unspecified atom stereocenters. The van der Waals surface area contributed by atoms with Crippen LogP contribution in [0.2, 0.25) is 5.02 Å². The zero-order valence-corrected chi connectivity index (χ0v) is 12.2. The number of imidazole rings is 1. The fourth-order valence-corrected chi connectivity index (χ4v) is 4.14. The Morgan fingerprint density at radius 2 is 2.20 bits per heavy atom. The minimum atomic E-state index is -0.632. The van der Waals surface area contributed by atoms with Gasteiger partial charge in [-0.1, -0.05) is 11.6 Å². The van der Waals surface area contributed by atoms with Crippen LogP contribution in [0.4, 0.5) is 8.78 Å². The van der Waals surface area contributed by atoms with Gasteiger partial charge in [0.15, 0.2) is 4.77 Å². The fraction of sp³-hybridized carbons (Fsp3) is 0.357. The highest BCUT2D eigenvalue weighted by atomic mass is 35.5. The van der Waals surface area contributed by atoms with E-state index in [1.54, 1.807) is 0 Å². The Hall–Kier alpha value is -1.20. The number of H-pyrrole nitrogens is 1. The van der Waals surface area contributed by atoms with E-state index in [0.29, 0.717) is 11.3 Å². The van der Waals surface area contributed by atoms with Crippen molar-refractivity contribution in [3.05, 3.63) is 50.5 Å². The van der Waals surface area contributed by atoms with E-state index in [1.165, 1.54) is 12.1 Å². The van der Waals surface area contributed by atoms with Gasteiger partial charge in [0.25, 0.3) is 0 Å². The molecule has 2 heterocycles. The Bertz CT molecular complexity index is 810. The average Bonchev–Trinajstić information content (AvgIpc) is 2.88. The molecule has 2 aromatic rings. The standard InChI is InChI=1S/C14H11ClF2N2S/c1-6-12-7-4-14(7,5-19(12)13(20)18-6)10-9(16)3-2-8(15)11(10)17/h2-3,7H,4-5H2,1H3,(H,18,20)/t7-,14-/m0/s1. The second-order valence-electron chi connectivity index (χ2n) is 5.66. The monoisotopic (exact) mass is 312 g/mol. The minimum Gasteiger partial charge on any atom is -0.335 e. The van der Waals surface area contributed by atoms with Gasteiger partial charge in [0.1, 0.15) is 11.6 Å². The smallest absolute Gasteiger partial charge is 0.177 e. The summed E-state index contributed by atoms with van der Waals surface area (Å²) < 4.78 is 31.0. The molecule has 2 atom stereocenters. The van der Waals surface area contributed by atoms with Crippen LogP contribution in [0.15, 0.2) is 12.1 Å². The van der Waals surface area contributed by atoms with Crippen LogP contribution in [0, 0.1) is 23.3 Å². The highest BCUT2D eigenvalue weighted by Gasteiger charge is 2.64. The maximum atomic E-state index is 14.3. The summed E-state index contributed by atoms with van der Waals surface area (Å²) >= 11 is 11.1. The number of fused-ring (bicyclic) bond motifs is 3. The summed E-state index contributed by atoms with van der Waals surface area (Å²) in [6.45, 7) is 2.46.